The van der Waals surface area contributed by atoms with Crippen molar-refractivity contribution < 1.29 is 18.1 Å². The summed E-state index contributed by atoms with van der Waals surface area (Å²) in [6.07, 6.45) is 3.05. The number of rotatable bonds is 5. The average Bonchev–Trinajstić information content (AvgIpc) is 2.12. The molecule has 0 rings (SSSR count). The summed E-state index contributed by atoms with van der Waals surface area (Å²) in [5, 5.41) is 7.29. The van der Waals surface area contributed by atoms with Crippen LogP contribution in [0.5, 0.6) is 0 Å². The zero-order valence-corrected chi connectivity index (χ0v) is 8.78. The van der Waals surface area contributed by atoms with Crippen molar-refractivity contribution in [3.63, 3.8) is 0 Å². The van der Waals surface area contributed by atoms with Gasteiger partial charge in [0.05, 0.1) is 6.61 Å². The van der Waals surface area contributed by atoms with Gasteiger partial charge < -0.3 is 10.8 Å². The van der Waals surface area contributed by atoms with E-state index >= 15 is 0 Å². The van der Waals surface area contributed by atoms with Gasteiger partial charge in [0.1, 0.15) is 5.25 Å². The molecule has 1 unspecified atom stereocenters. The minimum atomic E-state index is -4.10. The topological polar surface area (TPSA) is 101 Å². The van der Waals surface area contributed by atoms with E-state index in [1.54, 1.807) is 6.08 Å². The minimum Gasteiger partial charge on any atom is -0.395 e. The summed E-state index contributed by atoms with van der Waals surface area (Å²) in [6, 6.07) is 0. The molecule has 0 saturated carbocycles. The van der Waals surface area contributed by atoms with Crippen LogP contribution in [0.1, 0.15) is 6.42 Å². The fraction of sp³-hybridized carbons (Fsp3) is 0.500. The van der Waals surface area contributed by atoms with Crippen molar-refractivity contribution in [2.45, 2.75) is 11.7 Å². The molecular weight excluding hydrogens is 206 g/mol. The van der Waals surface area contributed by atoms with Gasteiger partial charge in [-0.2, -0.15) is 8.42 Å². The van der Waals surface area contributed by atoms with Gasteiger partial charge in [-0.3, -0.25) is 4.55 Å². The Balaban J connectivity index is 0. The van der Waals surface area contributed by atoms with Crippen molar-refractivity contribution in [2.24, 2.45) is 5.73 Å². The molecule has 14 heavy (non-hydrogen) atoms. The first-order valence-electron chi connectivity index (χ1n) is 3.93. The summed E-state index contributed by atoms with van der Waals surface area (Å²) < 4.78 is 29.0. The number of aliphatic hydroxyl groups excluding tert-OH is 1. The maximum Gasteiger partial charge on any atom is 0.270 e. The van der Waals surface area contributed by atoms with Crippen LogP contribution < -0.4 is 5.73 Å². The van der Waals surface area contributed by atoms with Crippen molar-refractivity contribution in [3.05, 3.63) is 25.3 Å². The second-order valence-corrected chi connectivity index (χ2v) is 4.06. The van der Waals surface area contributed by atoms with Gasteiger partial charge in [0, 0.05) is 6.54 Å². The Labute approximate surface area is 84.7 Å². The number of allylic oxidation sites excluding steroid dienone is 1. The second kappa shape index (κ2) is 8.89. The largest absolute Gasteiger partial charge is 0.395 e. The normalized spacial score (nSPS) is 12.2. The Morgan fingerprint density at radius 2 is 1.79 bits per heavy atom. The maximum absolute atomic E-state index is 10.3. The molecule has 0 aromatic carbocycles. The van der Waals surface area contributed by atoms with E-state index in [2.05, 4.69) is 13.2 Å². The molecule has 0 saturated heterocycles. The lowest BCUT2D eigenvalue weighted by molar-refractivity contribution is 0.284. The molecule has 0 aliphatic heterocycles. The first-order valence-corrected chi connectivity index (χ1v) is 5.43. The molecule has 84 valence electrons. The number of hydrogen-bond acceptors (Lipinski definition) is 4. The smallest absolute Gasteiger partial charge is 0.270 e. The van der Waals surface area contributed by atoms with E-state index in [9.17, 15) is 8.42 Å². The van der Waals surface area contributed by atoms with Crippen LogP contribution in [0.4, 0.5) is 0 Å². The van der Waals surface area contributed by atoms with Crippen LogP contribution in [0.2, 0.25) is 0 Å². The van der Waals surface area contributed by atoms with Crippen LogP contribution in [-0.2, 0) is 10.1 Å². The van der Waals surface area contributed by atoms with Crippen LogP contribution in [0.3, 0.4) is 0 Å². The number of aliphatic hydroxyl groups is 1. The first-order chi connectivity index (χ1) is 6.43. The molecule has 1 atom stereocenters. The molecule has 0 aliphatic rings. The van der Waals surface area contributed by atoms with Crippen LogP contribution in [-0.4, -0.2) is 36.5 Å². The zero-order chi connectivity index (χ0) is 11.6. The summed E-state index contributed by atoms with van der Waals surface area (Å²) in [5.41, 5.74) is 4.91. The quantitative estimate of drug-likeness (QED) is 0.448. The van der Waals surface area contributed by atoms with Crippen LogP contribution in [0.25, 0.3) is 0 Å². The Hall–Kier alpha value is -0.690. The second-order valence-electron chi connectivity index (χ2n) is 2.37. The molecule has 6 heteroatoms. The van der Waals surface area contributed by atoms with E-state index in [-0.39, 0.29) is 6.42 Å². The van der Waals surface area contributed by atoms with Gasteiger partial charge in [0.15, 0.2) is 0 Å². The lowest BCUT2D eigenvalue weighted by Crippen LogP contribution is -2.23. The Morgan fingerprint density at radius 3 is 1.86 bits per heavy atom. The Kier molecular flexibility index (Phi) is 10.0. The lowest BCUT2D eigenvalue weighted by atomic mass is 10.3. The third-order valence-corrected chi connectivity index (χ3v) is 2.41. The number of nitrogens with two attached hydrogens (primary N) is 1. The van der Waals surface area contributed by atoms with Crippen LogP contribution >= 0.6 is 0 Å². The first kappa shape index (κ1) is 15.8. The monoisotopic (exact) mass is 223 g/mol. The minimum absolute atomic E-state index is 0.0648. The average molecular weight is 223 g/mol. The molecule has 0 aromatic heterocycles. The van der Waals surface area contributed by atoms with Crippen LogP contribution in [0, 0.1) is 0 Å². The molecule has 0 aromatic rings. The summed E-state index contributed by atoms with van der Waals surface area (Å²) in [4.78, 5) is 0. The van der Waals surface area contributed by atoms with Crippen molar-refractivity contribution in [2.75, 3.05) is 13.2 Å². The van der Waals surface area contributed by atoms with Gasteiger partial charge in [-0.25, -0.2) is 0 Å². The highest BCUT2D eigenvalue weighted by molar-refractivity contribution is 7.86. The molecule has 0 fully saturated rings. The van der Waals surface area contributed by atoms with Gasteiger partial charge in [-0.15, -0.1) is 13.2 Å². The van der Waals surface area contributed by atoms with Crippen molar-refractivity contribution >= 4 is 10.1 Å². The van der Waals surface area contributed by atoms with Gasteiger partial charge in [-0.05, 0) is 6.42 Å². The molecule has 5 nitrogen and oxygen atoms in total. The number of hydrogen-bond donors (Lipinski definition) is 3. The molecule has 0 aliphatic carbocycles. The summed E-state index contributed by atoms with van der Waals surface area (Å²) in [7, 11) is -4.10. The van der Waals surface area contributed by atoms with E-state index in [1.165, 1.54) is 6.08 Å². The molecule has 0 radical (unpaired) electrons. The molecule has 0 spiro atoms. The zero-order valence-electron chi connectivity index (χ0n) is 7.96. The Bertz CT molecular complexity index is 248. The van der Waals surface area contributed by atoms with Crippen molar-refractivity contribution in [1.29, 1.82) is 0 Å². The predicted octanol–water partition coefficient (Wildman–Crippen LogP) is -0.0577. The third kappa shape index (κ3) is 9.40. The maximum atomic E-state index is 10.3. The van der Waals surface area contributed by atoms with Gasteiger partial charge in [0.2, 0.25) is 0 Å². The van der Waals surface area contributed by atoms with E-state index in [1.807, 2.05) is 0 Å². The van der Waals surface area contributed by atoms with Gasteiger partial charge in [-0.1, -0.05) is 12.2 Å². The fourth-order valence-corrected chi connectivity index (χ4v) is 1.04. The highest BCUT2D eigenvalue weighted by atomic mass is 32.2. The van der Waals surface area contributed by atoms with Gasteiger partial charge >= 0.3 is 0 Å². The van der Waals surface area contributed by atoms with Crippen molar-refractivity contribution in [1.82, 2.24) is 0 Å². The standard InChI is InChI=1S/C5H10O4S.C3H7N/c1-2-3-5(4-6)10(7,8)9;1-2-3-4/h2,5-6H,1,3-4H2,(H,7,8,9);2H,1,3-4H2. The molecular formula is C8H17NO4S. The van der Waals surface area contributed by atoms with E-state index in [0.717, 1.165) is 0 Å². The van der Waals surface area contributed by atoms with Crippen LogP contribution in [0.15, 0.2) is 25.3 Å². The molecule has 0 amide bonds. The Morgan fingerprint density at radius 1 is 1.36 bits per heavy atom. The highest BCUT2D eigenvalue weighted by Crippen LogP contribution is 2.02. The lowest BCUT2D eigenvalue weighted by Gasteiger charge is -2.05. The van der Waals surface area contributed by atoms with E-state index in [4.69, 9.17) is 15.4 Å². The highest BCUT2D eigenvalue weighted by Gasteiger charge is 2.19. The van der Waals surface area contributed by atoms with Crippen molar-refractivity contribution in [3.8, 4) is 0 Å². The summed E-state index contributed by atoms with van der Waals surface area (Å²) in [6.45, 7) is 6.63. The van der Waals surface area contributed by atoms with E-state index < -0.39 is 22.0 Å². The third-order valence-electron chi connectivity index (χ3n) is 1.22. The molecule has 4 N–H and O–H groups in total. The molecule has 0 heterocycles. The predicted molar refractivity (Wildman–Crippen MR) is 56.5 cm³/mol. The summed E-state index contributed by atoms with van der Waals surface area (Å²) in [5.74, 6) is 0. The SMILES string of the molecule is C=CCC(CO)S(=O)(=O)O.C=CCN. The van der Waals surface area contributed by atoms with Gasteiger partial charge in [0.25, 0.3) is 10.1 Å². The summed E-state index contributed by atoms with van der Waals surface area (Å²) >= 11 is 0. The van der Waals surface area contributed by atoms with E-state index in [0.29, 0.717) is 6.54 Å². The fourth-order valence-electron chi connectivity index (χ4n) is 0.476. The molecule has 0 bridgehead atoms.